The largest absolute Gasteiger partial charge is 0.493 e. The predicted octanol–water partition coefficient (Wildman–Crippen LogP) is 6.07. The van der Waals surface area contributed by atoms with Crippen LogP contribution in [0.2, 0.25) is 0 Å². The van der Waals surface area contributed by atoms with Gasteiger partial charge in [0.25, 0.3) is 5.91 Å². The molecule has 34 heavy (non-hydrogen) atoms. The predicted molar refractivity (Wildman–Crippen MR) is 139 cm³/mol. The van der Waals surface area contributed by atoms with Crippen LogP contribution in [-0.4, -0.2) is 38.4 Å². The molecule has 3 aromatic carbocycles. The molecule has 0 atom stereocenters. The summed E-state index contributed by atoms with van der Waals surface area (Å²) in [6.07, 6.45) is 1.57. The molecule has 0 saturated carbocycles. The zero-order valence-corrected chi connectivity index (χ0v) is 21.4. The molecule has 0 saturated heterocycles. The lowest BCUT2D eigenvalue weighted by Gasteiger charge is -2.15. The minimum absolute atomic E-state index is 0.305. The molecule has 9 heteroatoms. The fraction of sp³-hybridized carbons (Fsp3) is 0.160. The summed E-state index contributed by atoms with van der Waals surface area (Å²) in [7, 11) is 4.64. The summed E-state index contributed by atoms with van der Waals surface area (Å²) >= 11 is 4.83. The number of ether oxygens (including phenoxy) is 3. The van der Waals surface area contributed by atoms with E-state index in [4.69, 9.17) is 14.2 Å². The third-order valence-electron chi connectivity index (χ3n) is 4.99. The monoisotopic (exact) mass is 539 g/mol. The lowest BCUT2D eigenvalue weighted by Crippen LogP contribution is -2.25. The Bertz CT molecular complexity index is 1360. The number of hydrazone groups is 1. The minimum atomic E-state index is -0.305. The second-order valence-electron chi connectivity index (χ2n) is 7.30. The van der Waals surface area contributed by atoms with Gasteiger partial charge in [0.1, 0.15) is 0 Å². The van der Waals surface area contributed by atoms with Gasteiger partial charge in [-0.3, -0.25) is 4.79 Å². The van der Waals surface area contributed by atoms with Crippen molar-refractivity contribution in [3.05, 3.63) is 75.8 Å². The van der Waals surface area contributed by atoms with Gasteiger partial charge in [0.05, 0.1) is 37.8 Å². The Balaban J connectivity index is 1.79. The molecule has 0 unspecified atom stereocenters. The highest BCUT2D eigenvalue weighted by Gasteiger charge is 2.22. The summed E-state index contributed by atoms with van der Waals surface area (Å²) in [6.45, 7) is 2.02. The molecule has 4 rings (SSSR count). The number of halogens is 1. The maximum absolute atomic E-state index is 13.5. The maximum atomic E-state index is 13.5. The number of carbonyl (C=O) groups excluding carboxylic acids is 1. The van der Waals surface area contributed by atoms with Crippen LogP contribution in [0.5, 0.6) is 17.2 Å². The number of rotatable bonds is 7. The molecule has 1 aromatic heterocycles. The van der Waals surface area contributed by atoms with Crippen molar-refractivity contribution in [1.29, 1.82) is 0 Å². The van der Waals surface area contributed by atoms with Crippen LogP contribution in [0.15, 0.2) is 64.2 Å². The van der Waals surface area contributed by atoms with E-state index >= 15 is 0 Å². The Kier molecular flexibility index (Phi) is 7.14. The SMILES string of the molecule is COc1cc(/C=N/N(C(=O)c2cccc(Br)c2)c2nc3ccc(C)cc3s2)cc(OC)c1OC. The molecular weight excluding hydrogens is 518 g/mol. The number of hydrogen-bond acceptors (Lipinski definition) is 7. The Morgan fingerprint density at radius 2 is 1.76 bits per heavy atom. The van der Waals surface area contributed by atoms with Gasteiger partial charge in [-0.1, -0.05) is 39.4 Å². The van der Waals surface area contributed by atoms with Crippen molar-refractivity contribution in [3.8, 4) is 17.2 Å². The maximum Gasteiger partial charge on any atom is 0.280 e. The van der Waals surface area contributed by atoms with Crippen molar-refractivity contribution in [1.82, 2.24) is 4.98 Å². The molecular formula is C25H22BrN3O4S. The number of nitrogens with zero attached hydrogens (tertiary/aromatic N) is 3. The van der Waals surface area contributed by atoms with Crippen LogP contribution in [-0.2, 0) is 0 Å². The molecule has 0 fully saturated rings. The first-order valence-electron chi connectivity index (χ1n) is 10.2. The van der Waals surface area contributed by atoms with E-state index in [9.17, 15) is 4.79 Å². The minimum Gasteiger partial charge on any atom is -0.493 e. The van der Waals surface area contributed by atoms with Crippen molar-refractivity contribution >= 4 is 54.7 Å². The van der Waals surface area contributed by atoms with E-state index in [-0.39, 0.29) is 5.91 Å². The third kappa shape index (κ3) is 4.90. The van der Waals surface area contributed by atoms with Crippen LogP contribution in [0.3, 0.4) is 0 Å². The molecule has 0 aliphatic heterocycles. The van der Waals surface area contributed by atoms with Gasteiger partial charge < -0.3 is 14.2 Å². The summed E-state index contributed by atoms with van der Waals surface area (Å²) in [4.78, 5) is 18.2. The number of aromatic nitrogens is 1. The standard InChI is InChI=1S/C25H22BrN3O4S/c1-15-8-9-19-22(10-15)34-25(28-19)29(24(30)17-6-5-7-18(26)13-17)27-14-16-11-20(31-2)23(33-4)21(12-16)32-3/h5-14H,1-4H3/b27-14+. The second-order valence-corrected chi connectivity index (χ2v) is 9.22. The number of methoxy groups -OCH3 is 3. The van der Waals surface area contributed by atoms with E-state index in [1.165, 1.54) is 16.3 Å². The van der Waals surface area contributed by atoms with Crippen molar-refractivity contribution in [2.45, 2.75) is 6.92 Å². The number of carbonyl (C=O) groups is 1. The lowest BCUT2D eigenvalue weighted by molar-refractivity contribution is 0.0988. The number of aryl methyl sites for hydroxylation is 1. The fourth-order valence-electron chi connectivity index (χ4n) is 3.34. The number of thiazole rings is 1. The fourth-order valence-corrected chi connectivity index (χ4v) is 4.76. The molecule has 0 aliphatic carbocycles. The Labute approximate surface area is 209 Å². The van der Waals surface area contributed by atoms with Crippen LogP contribution in [0.1, 0.15) is 21.5 Å². The number of fused-ring (bicyclic) bond motifs is 1. The average Bonchev–Trinajstić information content (AvgIpc) is 3.26. The number of benzene rings is 3. The van der Waals surface area contributed by atoms with Gasteiger partial charge in [0.15, 0.2) is 11.5 Å². The Morgan fingerprint density at radius 1 is 1.03 bits per heavy atom. The summed E-state index contributed by atoms with van der Waals surface area (Å²) in [6, 6.07) is 16.7. The van der Waals surface area contributed by atoms with Crippen LogP contribution < -0.4 is 19.2 Å². The molecule has 7 nitrogen and oxygen atoms in total. The van der Waals surface area contributed by atoms with Crippen molar-refractivity contribution in [2.75, 3.05) is 26.3 Å². The lowest BCUT2D eigenvalue weighted by atomic mass is 10.2. The zero-order chi connectivity index (χ0) is 24.2. The molecule has 0 aliphatic rings. The number of hydrogen-bond donors (Lipinski definition) is 0. The molecule has 0 N–H and O–H groups in total. The van der Waals surface area contributed by atoms with Crippen LogP contribution in [0.25, 0.3) is 10.2 Å². The molecule has 0 bridgehead atoms. The number of amides is 1. The quantitative estimate of drug-likeness (QED) is 0.210. The van der Waals surface area contributed by atoms with Gasteiger partial charge in [-0.15, -0.1) is 0 Å². The summed E-state index contributed by atoms with van der Waals surface area (Å²) < 4.78 is 18.0. The number of anilines is 1. The first-order chi connectivity index (χ1) is 16.4. The first kappa shape index (κ1) is 23.7. The summed E-state index contributed by atoms with van der Waals surface area (Å²) in [5, 5.41) is 6.31. The molecule has 1 heterocycles. The average molecular weight is 540 g/mol. The molecule has 0 spiro atoms. The van der Waals surface area contributed by atoms with Gasteiger partial charge in [0, 0.05) is 15.6 Å². The van der Waals surface area contributed by atoms with Crippen molar-refractivity contribution in [3.63, 3.8) is 0 Å². The third-order valence-corrected chi connectivity index (χ3v) is 6.47. The van der Waals surface area contributed by atoms with Crippen LogP contribution >= 0.6 is 27.3 Å². The zero-order valence-electron chi connectivity index (χ0n) is 19.0. The molecule has 174 valence electrons. The second kappa shape index (κ2) is 10.2. The summed E-state index contributed by atoms with van der Waals surface area (Å²) in [5.74, 6) is 1.15. The Morgan fingerprint density at radius 3 is 2.41 bits per heavy atom. The van der Waals surface area contributed by atoms with E-state index in [1.54, 1.807) is 57.9 Å². The molecule has 0 radical (unpaired) electrons. The van der Waals surface area contributed by atoms with Gasteiger partial charge in [-0.25, -0.2) is 4.98 Å². The smallest absolute Gasteiger partial charge is 0.280 e. The highest BCUT2D eigenvalue weighted by molar-refractivity contribution is 9.10. The Hall–Kier alpha value is -3.43. The highest BCUT2D eigenvalue weighted by atomic mass is 79.9. The topological polar surface area (TPSA) is 73.2 Å². The summed E-state index contributed by atoms with van der Waals surface area (Å²) in [5.41, 5.74) is 3.07. The highest BCUT2D eigenvalue weighted by Crippen LogP contribution is 2.38. The van der Waals surface area contributed by atoms with Crippen LogP contribution in [0, 0.1) is 6.92 Å². The van der Waals surface area contributed by atoms with Crippen LogP contribution in [0.4, 0.5) is 5.13 Å². The van der Waals surface area contributed by atoms with Crippen molar-refractivity contribution < 1.29 is 19.0 Å². The van der Waals surface area contributed by atoms with E-state index in [1.807, 2.05) is 31.2 Å². The van der Waals surface area contributed by atoms with E-state index < -0.39 is 0 Å². The normalized spacial score (nSPS) is 11.1. The van der Waals surface area contributed by atoms with E-state index in [0.29, 0.717) is 33.5 Å². The van der Waals surface area contributed by atoms with E-state index in [2.05, 4.69) is 26.0 Å². The van der Waals surface area contributed by atoms with Gasteiger partial charge >= 0.3 is 0 Å². The van der Waals surface area contributed by atoms with Gasteiger partial charge in [0.2, 0.25) is 10.9 Å². The van der Waals surface area contributed by atoms with Gasteiger partial charge in [-0.05, 0) is 55.0 Å². The van der Waals surface area contributed by atoms with E-state index in [0.717, 1.165) is 20.3 Å². The molecule has 1 amide bonds. The first-order valence-corrected chi connectivity index (χ1v) is 11.9. The van der Waals surface area contributed by atoms with Crippen molar-refractivity contribution in [2.24, 2.45) is 5.10 Å². The van der Waals surface area contributed by atoms with Gasteiger partial charge in [-0.2, -0.15) is 10.1 Å². The molecule has 4 aromatic rings.